The molecular weight excluding hydrogens is 432 g/mol. The average molecular weight is 459 g/mol. The van der Waals surface area contributed by atoms with Crippen LogP contribution in [0.5, 0.6) is 11.5 Å². The molecule has 1 fully saturated rings. The largest absolute Gasteiger partial charge is 0.497 e. The van der Waals surface area contributed by atoms with Gasteiger partial charge < -0.3 is 14.0 Å². The Kier molecular flexibility index (Phi) is 6.45. The smallest absolute Gasteiger partial charge is 0.243 e. The number of hydrogen-bond acceptors (Lipinski definition) is 8. The molecule has 1 aliphatic rings. The molecule has 1 aromatic heterocycles. The molecule has 0 N–H and O–H groups in total. The molecular formula is C22H26N4O5S. The van der Waals surface area contributed by atoms with Gasteiger partial charge in [0, 0.05) is 31.7 Å². The fraction of sp³-hybridized carbons (Fsp3) is 0.364. The van der Waals surface area contributed by atoms with Crippen LogP contribution in [-0.4, -0.2) is 68.2 Å². The van der Waals surface area contributed by atoms with E-state index in [0.29, 0.717) is 50.2 Å². The molecule has 32 heavy (non-hydrogen) atoms. The summed E-state index contributed by atoms with van der Waals surface area (Å²) < 4.78 is 43.4. The van der Waals surface area contributed by atoms with Gasteiger partial charge in [-0.2, -0.15) is 9.29 Å². The third-order valence-electron chi connectivity index (χ3n) is 5.51. The summed E-state index contributed by atoms with van der Waals surface area (Å²) in [7, 11) is -0.370. The molecule has 1 aliphatic heterocycles. The lowest BCUT2D eigenvalue weighted by Crippen LogP contribution is -2.48. The minimum absolute atomic E-state index is 0.283. The van der Waals surface area contributed by atoms with Crippen LogP contribution in [0.3, 0.4) is 0 Å². The second kappa shape index (κ2) is 9.27. The predicted molar refractivity (Wildman–Crippen MR) is 118 cm³/mol. The second-order valence-electron chi connectivity index (χ2n) is 7.55. The number of ether oxygens (including phenoxy) is 2. The highest BCUT2D eigenvalue weighted by Crippen LogP contribution is 2.25. The van der Waals surface area contributed by atoms with Gasteiger partial charge in [0.2, 0.25) is 21.7 Å². The molecule has 9 nitrogen and oxygen atoms in total. The number of nitrogens with zero attached hydrogens (tertiary/aromatic N) is 4. The SMILES string of the molecule is COc1ccc(-c2noc(CN3CCN(S(=O)(=O)c4ccc(OC)c(C)c4)CC3)n2)cc1. The Morgan fingerprint density at radius 1 is 1.00 bits per heavy atom. The molecule has 0 saturated carbocycles. The van der Waals surface area contributed by atoms with Crippen LogP contribution in [-0.2, 0) is 16.6 Å². The molecule has 2 aromatic carbocycles. The van der Waals surface area contributed by atoms with Crippen molar-refractivity contribution < 1.29 is 22.4 Å². The van der Waals surface area contributed by atoms with Gasteiger partial charge >= 0.3 is 0 Å². The Labute approximate surface area is 187 Å². The molecule has 0 amide bonds. The first-order valence-corrected chi connectivity index (χ1v) is 11.7. The lowest BCUT2D eigenvalue weighted by molar-refractivity contribution is 0.163. The highest BCUT2D eigenvalue weighted by molar-refractivity contribution is 7.89. The van der Waals surface area contributed by atoms with Gasteiger partial charge in [-0.15, -0.1) is 0 Å². The molecule has 0 atom stereocenters. The molecule has 170 valence electrons. The third kappa shape index (κ3) is 4.62. The lowest BCUT2D eigenvalue weighted by Gasteiger charge is -2.33. The maximum atomic E-state index is 13.0. The van der Waals surface area contributed by atoms with Gasteiger partial charge in [0.1, 0.15) is 11.5 Å². The van der Waals surface area contributed by atoms with E-state index in [0.717, 1.165) is 16.9 Å². The highest BCUT2D eigenvalue weighted by Gasteiger charge is 2.29. The van der Waals surface area contributed by atoms with E-state index >= 15 is 0 Å². The van der Waals surface area contributed by atoms with Gasteiger partial charge in [-0.3, -0.25) is 4.90 Å². The first-order valence-electron chi connectivity index (χ1n) is 10.2. The Morgan fingerprint density at radius 3 is 2.34 bits per heavy atom. The number of hydrogen-bond donors (Lipinski definition) is 0. The van der Waals surface area contributed by atoms with Crippen LogP contribution in [0.1, 0.15) is 11.5 Å². The first kappa shape index (κ1) is 22.3. The zero-order valence-corrected chi connectivity index (χ0v) is 19.1. The van der Waals surface area contributed by atoms with Gasteiger partial charge in [0.15, 0.2) is 0 Å². The van der Waals surface area contributed by atoms with Crippen LogP contribution in [0.15, 0.2) is 51.9 Å². The van der Waals surface area contributed by atoms with Crippen molar-refractivity contribution in [3.63, 3.8) is 0 Å². The molecule has 0 aliphatic carbocycles. The van der Waals surface area contributed by atoms with Crippen LogP contribution in [0.2, 0.25) is 0 Å². The van der Waals surface area contributed by atoms with E-state index in [4.69, 9.17) is 14.0 Å². The molecule has 4 rings (SSSR count). The number of aromatic nitrogens is 2. The Balaban J connectivity index is 1.37. The maximum Gasteiger partial charge on any atom is 0.243 e. The summed E-state index contributed by atoms with van der Waals surface area (Å²) in [6.45, 7) is 4.25. The highest BCUT2D eigenvalue weighted by atomic mass is 32.2. The Morgan fingerprint density at radius 2 is 1.72 bits per heavy atom. The molecule has 3 aromatic rings. The van der Waals surface area contributed by atoms with E-state index in [1.54, 1.807) is 32.4 Å². The summed E-state index contributed by atoms with van der Waals surface area (Å²) in [6.07, 6.45) is 0. The van der Waals surface area contributed by atoms with E-state index in [-0.39, 0.29) is 4.90 Å². The van der Waals surface area contributed by atoms with Crippen molar-refractivity contribution in [1.29, 1.82) is 0 Å². The normalized spacial score (nSPS) is 15.6. The summed E-state index contributed by atoms with van der Waals surface area (Å²) in [4.78, 5) is 6.86. The van der Waals surface area contributed by atoms with Crippen molar-refractivity contribution in [3.8, 4) is 22.9 Å². The Bertz CT molecular complexity index is 1170. The molecule has 10 heteroatoms. The van der Waals surface area contributed by atoms with E-state index in [1.807, 2.05) is 31.2 Å². The molecule has 0 unspecified atom stereocenters. The topological polar surface area (TPSA) is 98.0 Å². The summed E-state index contributed by atoms with van der Waals surface area (Å²) in [5.41, 5.74) is 1.63. The number of benzene rings is 2. The van der Waals surface area contributed by atoms with Crippen LogP contribution in [0, 0.1) is 6.92 Å². The molecule has 0 radical (unpaired) electrons. The van der Waals surface area contributed by atoms with Gasteiger partial charge in [0.25, 0.3) is 0 Å². The van der Waals surface area contributed by atoms with Crippen molar-refractivity contribution in [3.05, 3.63) is 53.9 Å². The van der Waals surface area contributed by atoms with Crippen LogP contribution >= 0.6 is 0 Å². The summed E-state index contributed by atoms with van der Waals surface area (Å²) in [5, 5.41) is 4.05. The van der Waals surface area contributed by atoms with E-state index in [1.165, 1.54) is 4.31 Å². The van der Waals surface area contributed by atoms with Gasteiger partial charge in [-0.1, -0.05) is 5.16 Å². The van der Waals surface area contributed by atoms with Crippen molar-refractivity contribution in [2.24, 2.45) is 0 Å². The average Bonchev–Trinajstić information content (AvgIpc) is 3.28. The maximum absolute atomic E-state index is 13.0. The van der Waals surface area contributed by atoms with Gasteiger partial charge in [0.05, 0.1) is 25.7 Å². The number of rotatable bonds is 7. The predicted octanol–water partition coefficient (Wildman–Crippen LogP) is 2.57. The summed E-state index contributed by atoms with van der Waals surface area (Å²) in [5.74, 6) is 2.44. The molecule has 1 saturated heterocycles. The quantitative estimate of drug-likeness (QED) is 0.533. The van der Waals surface area contributed by atoms with Gasteiger partial charge in [-0.05, 0) is 55.0 Å². The minimum Gasteiger partial charge on any atom is -0.497 e. The van der Waals surface area contributed by atoms with Crippen LogP contribution in [0.25, 0.3) is 11.4 Å². The van der Waals surface area contributed by atoms with E-state index in [2.05, 4.69) is 15.0 Å². The number of sulfonamides is 1. The van der Waals surface area contributed by atoms with E-state index in [9.17, 15) is 8.42 Å². The van der Waals surface area contributed by atoms with Crippen molar-refractivity contribution in [2.45, 2.75) is 18.4 Å². The number of aryl methyl sites for hydroxylation is 1. The number of methoxy groups -OCH3 is 2. The summed E-state index contributed by atoms with van der Waals surface area (Å²) >= 11 is 0. The molecule has 0 spiro atoms. The van der Waals surface area contributed by atoms with Crippen molar-refractivity contribution in [2.75, 3.05) is 40.4 Å². The lowest BCUT2D eigenvalue weighted by atomic mass is 10.2. The van der Waals surface area contributed by atoms with Crippen molar-refractivity contribution in [1.82, 2.24) is 19.3 Å². The fourth-order valence-electron chi connectivity index (χ4n) is 3.66. The van der Waals surface area contributed by atoms with Crippen LogP contribution in [0.4, 0.5) is 0 Å². The second-order valence-corrected chi connectivity index (χ2v) is 9.49. The zero-order valence-electron chi connectivity index (χ0n) is 18.3. The summed E-state index contributed by atoms with van der Waals surface area (Å²) in [6, 6.07) is 12.4. The zero-order chi connectivity index (χ0) is 22.7. The first-order chi connectivity index (χ1) is 15.4. The van der Waals surface area contributed by atoms with Crippen molar-refractivity contribution >= 4 is 10.0 Å². The fourth-order valence-corrected chi connectivity index (χ4v) is 5.16. The van der Waals surface area contributed by atoms with Crippen LogP contribution < -0.4 is 9.47 Å². The Hall–Kier alpha value is -2.95. The van der Waals surface area contributed by atoms with E-state index < -0.39 is 10.0 Å². The number of piperazine rings is 1. The molecule has 2 heterocycles. The standard InChI is InChI=1S/C22H26N4O5S/c1-16-14-19(8-9-20(16)30-3)32(27,28)26-12-10-25(11-13-26)15-21-23-22(24-31-21)17-4-6-18(29-2)7-5-17/h4-9,14H,10-13,15H2,1-3H3. The third-order valence-corrected chi connectivity index (χ3v) is 7.41. The van der Waals surface area contributed by atoms with Gasteiger partial charge in [-0.25, -0.2) is 8.42 Å². The monoisotopic (exact) mass is 458 g/mol. The molecule has 0 bridgehead atoms. The minimum atomic E-state index is -3.55.